The summed E-state index contributed by atoms with van der Waals surface area (Å²) in [5.74, 6) is 0. The van der Waals surface area contributed by atoms with Gasteiger partial charge in [0.25, 0.3) is 0 Å². The highest BCUT2D eigenvalue weighted by Crippen LogP contribution is 2.22. The van der Waals surface area contributed by atoms with Crippen molar-refractivity contribution in [3.63, 3.8) is 0 Å². The van der Waals surface area contributed by atoms with E-state index in [4.69, 9.17) is 0 Å². The number of benzene rings is 2. The van der Waals surface area contributed by atoms with Gasteiger partial charge in [-0.05, 0) is 36.0 Å². The fourth-order valence-electron chi connectivity index (χ4n) is 2.02. The monoisotopic (exact) mass is 226 g/mol. The van der Waals surface area contributed by atoms with E-state index in [0.717, 1.165) is 22.3 Å². The van der Waals surface area contributed by atoms with Gasteiger partial charge in [-0.1, -0.05) is 48.0 Å². The summed E-state index contributed by atoms with van der Waals surface area (Å²) in [7, 11) is -1.44. The first-order chi connectivity index (χ1) is 8.09. The molecule has 2 aromatic carbocycles. The molecule has 2 N–H and O–H groups in total. The topological polar surface area (TPSA) is 40.5 Å². The highest BCUT2D eigenvalue weighted by atomic mass is 16.4. The third-order valence-electron chi connectivity index (χ3n) is 2.92. The van der Waals surface area contributed by atoms with Crippen LogP contribution in [-0.2, 0) is 0 Å². The summed E-state index contributed by atoms with van der Waals surface area (Å²) < 4.78 is 0. The Kier molecular flexibility index (Phi) is 3.32. The van der Waals surface area contributed by atoms with Crippen LogP contribution in [0, 0.1) is 13.8 Å². The minimum absolute atomic E-state index is 0.555. The fraction of sp³-hybridized carbons (Fsp3) is 0.143. The van der Waals surface area contributed by atoms with Gasteiger partial charge in [0.2, 0.25) is 0 Å². The Morgan fingerprint density at radius 1 is 0.882 bits per heavy atom. The van der Waals surface area contributed by atoms with Gasteiger partial charge < -0.3 is 10.0 Å². The van der Waals surface area contributed by atoms with E-state index in [1.54, 1.807) is 0 Å². The lowest BCUT2D eigenvalue weighted by Gasteiger charge is -2.12. The zero-order valence-electron chi connectivity index (χ0n) is 10.0. The largest absolute Gasteiger partial charge is 0.489 e. The second-order valence-electron chi connectivity index (χ2n) is 4.28. The lowest BCUT2D eigenvalue weighted by atomic mass is 9.74. The van der Waals surface area contributed by atoms with Crippen molar-refractivity contribution in [2.45, 2.75) is 13.8 Å². The van der Waals surface area contributed by atoms with Crippen molar-refractivity contribution in [2.24, 2.45) is 0 Å². The molecule has 86 valence electrons. The van der Waals surface area contributed by atoms with Crippen molar-refractivity contribution in [3.05, 3.63) is 53.6 Å². The molecule has 0 aliphatic carbocycles. The SMILES string of the molecule is Cc1ccc(-c2ccccc2C)c(B(O)O)c1. The second kappa shape index (κ2) is 4.74. The van der Waals surface area contributed by atoms with Gasteiger partial charge >= 0.3 is 7.12 Å². The van der Waals surface area contributed by atoms with Gasteiger partial charge in [0.1, 0.15) is 0 Å². The van der Waals surface area contributed by atoms with Gasteiger partial charge in [-0.2, -0.15) is 0 Å². The molecule has 0 saturated heterocycles. The van der Waals surface area contributed by atoms with Crippen LogP contribution < -0.4 is 5.46 Å². The second-order valence-corrected chi connectivity index (χ2v) is 4.28. The van der Waals surface area contributed by atoms with E-state index in [1.165, 1.54) is 0 Å². The van der Waals surface area contributed by atoms with Crippen LogP contribution in [-0.4, -0.2) is 17.2 Å². The van der Waals surface area contributed by atoms with E-state index in [1.807, 2.05) is 56.3 Å². The Morgan fingerprint density at radius 3 is 2.24 bits per heavy atom. The van der Waals surface area contributed by atoms with E-state index < -0.39 is 7.12 Å². The summed E-state index contributed by atoms with van der Waals surface area (Å²) in [4.78, 5) is 0. The molecule has 2 rings (SSSR count). The maximum absolute atomic E-state index is 9.44. The average Bonchev–Trinajstić information content (AvgIpc) is 2.30. The minimum Gasteiger partial charge on any atom is -0.423 e. The molecule has 0 heterocycles. The molecule has 0 bridgehead atoms. The lowest BCUT2D eigenvalue weighted by Crippen LogP contribution is -2.32. The minimum atomic E-state index is -1.44. The van der Waals surface area contributed by atoms with Crippen molar-refractivity contribution < 1.29 is 10.0 Å². The first-order valence-corrected chi connectivity index (χ1v) is 5.62. The van der Waals surface area contributed by atoms with Crippen molar-refractivity contribution in [2.75, 3.05) is 0 Å². The van der Waals surface area contributed by atoms with Crippen LogP contribution in [0.4, 0.5) is 0 Å². The molecule has 3 heteroatoms. The molecule has 0 saturated carbocycles. The Bertz CT molecular complexity index is 535. The summed E-state index contributed by atoms with van der Waals surface area (Å²) >= 11 is 0. The molecule has 17 heavy (non-hydrogen) atoms. The maximum atomic E-state index is 9.44. The molecule has 0 aliphatic rings. The van der Waals surface area contributed by atoms with E-state index in [0.29, 0.717) is 5.46 Å². The fourth-order valence-corrected chi connectivity index (χ4v) is 2.02. The number of hydrogen-bond donors (Lipinski definition) is 2. The Hall–Kier alpha value is -1.58. The van der Waals surface area contributed by atoms with Gasteiger partial charge in [0.05, 0.1) is 0 Å². The number of rotatable bonds is 2. The van der Waals surface area contributed by atoms with Crippen LogP contribution in [0.25, 0.3) is 11.1 Å². The van der Waals surface area contributed by atoms with E-state index in [2.05, 4.69) is 0 Å². The number of aryl methyl sites for hydroxylation is 2. The Morgan fingerprint density at radius 2 is 1.59 bits per heavy atom. The van der Waals surface area contributed by atoms with Crippen LogP contribution in [0.1, 0.15) is 11.1 Å². The van der Waals surface area contributed by atoms with Gasteiger partial charge in [-0.3, -0.25) is 0 Å². The van der Waals surface area contributed by atoms with Gasteiger partial charge in [-0.15, -0.1) is 0 Å². The van der Waals surface area contributed by atoms with Crippen molar-refractivity contribution in [3.8, 4) is 11.1 Å². The maximum Gasteiger partial charge on any atom is 0.489 e. The predicted molar refractivity (Wildman–Crippen MR) is 71.2 cm³/mol. The molecular formula is C14H15BO2. The summed E-state index contributed by atoms with van der Waals surface area (Å²) in [6, 6.07) is 13.7. The average molecular weight is 226 g/mol. The first-order valence-electron chi connectivity index (χ1n) is 5.62. The number of hydrogen-bond acceptors (Lipinski definition) is 2. The van der Waals surface area contributed by atoms with Crippen molar-refractivity contribution in [1.82, 2.24) is 0 Å². The van der Waals surface area contributed by atoms with Crippen LogP contribution in [0.2, 0.25) is 0 Å². The molecule has 2 aromatic rings. The van der Waals surface area contributed by atoms with Crippen LogP contribution in [0.5, 0.6) is 0 Å². The Labute approximate surface area is 102 Å². The van der Waals surface area contributed by atoms with Crippen molar-refractivity contribution in [1.29, 1.82) is 0 Å². The molecule has 0 amide bonds. The van der Waals surface area contributed by atoms with E-state index >= 15 is 0 Å². The molecule has 0 spiro atoms. The quantitative estimate of drug-likeness (QED) is 0.764. The van der Waals surface area contributed by atoms with E-state index in [9.17, 15) is 10.0 Å². The normalized spacial score (nSPS) is 10.4. The third-order valence-corrected chi connectivity index (χ3v) is 2.92. The predicted octanol–water partition coefficient (Wildman–Crippen LogP) is 1.65. The molecule has 2 nitrogen and oxygen atoms in total. The van der Waals surface area contributed by atoms with E-state index in [-0.39, 0.29) is 0 Å². The van der Waals surface area contributed by atoms with Gasteiger partial charge in [0.15, 0.2) is 0 Å². The standard InChI is InChI=1S/C14H15BO2/c1-10-7-8-13(14(9-10)15(16)17)12-6-4-3-5-11(12)2/h3-9,16-17H,1-2H3. The smallest absolute Gasteiger partial charge is 0.423 e. The third kappa shape index (κ3) is 2.41. The molecule has 0 aromatic heterocycles. The summed E-state index contributed by atoms with van der Waals surface area (Å²) in [5.41, 5.74) is 4.61. The molecule has 0 radical (unpaired) electrons. The zero-order chi connectivity index (χ0) is 12.4. The summed E-state index contributed by atoms with van der Waals surface area (Å²) in [6.45, 7) is 3.95. The van der Waals surface area contributed by atoms with Gasteiger partial charge in [0, 0.05) is 0 Å². The zero-order valence-corrected chi connectivity index (χ0v) is 10.0. The Balaban J connectivity index is 2.63. The van der Waals surface area contributed by atoms with Crippen LogP contribution in [0.15, 0.2) is 42.5 Å². The lowest BCUT2D eigenvalue weighted by molar-refractivity contribution is 0.426. The first kappa shape index (κ1) is 11.9. The molecule has 0 fully saturated rings. The highest BCUT2D eigenvalue weighted by Gasteiger charge is 2.17. The molecule has 0 aliphatic heterocycles. The highest BCUT2D eigenvalue weighted by molar-refractivity contribution is 6.60. The van der Waals surface area contributed by atoms with Crippen LogP contribution in [0.3, 0.4) is 0 Å². The molecule has 0 unspecified atom stereocenters. The molecule has 0 atom stereocenters. The molecular weight excluding hydrogens is 211 g/mol. The van der Waals surface area contributed by atoms with Crippen LogP contribution >= 0.6 is 0 Å². The van der Waals surface area contributed by atoms with Crippen molar-refractivity contribution >= 4 is 12.6 Å². The summed E-state index contributed by atoms with van der Waals surface area (Å²) in [6.07, 6.45) is 0. The summed E-state index contributed by atoms with van der Waals surface area (Å²) in [5, 5.41) is 18.9. The van der Waals surface area contributed by atoms with Gasteiger partial charge in [-0.25, -0.2) is 0 Å².